The van der Waals surface area contributed by atoms with E-state index in [1.807, 2.05) is 0 Å². The molecule has 0 saturated heterocycles. The van der Waals surface area contributed by atoms with Gasteiger partial charge in [-0.3, -0.25) is 0 Å². The van der Waals surface area contributed by atoms with Crippen LogP contribution in [0.2, 0.25) is 0 Å². The van der Waals surface area contributed by atoms with Crippen molar-refractivity contribution in [1.82, 2.24) is 0 Å². The van der Waals surface area contributed by atoms with E-state index in [0.717, 1.165) is 25.7 Å². The van der Waals surface area contributed by atoms with Gasteiger partial charge in [0.15, 0.2) is 0 Å². The van der Waals surface area contributed by atoms with Crippen molar-refractivity contribution >= 4 is 9.24 Å². The highest BCUT2D eigenvalue weighted by Gasteiger charge is 1.99. The molecule has 0 aromatic rings. The maximum atomic E-state index is 8.48. The van der Waals surface area contributed by atoms with Crippen LogP contribution in [0.4, 0.5) is 0 Å². The van der Waals surface area contributed by atoms with Gasteiger partial charge >= 0.3 is 0 Å². The van der Waals surface area contributed by atoms with Crippen LogP contribution < -0.4 is 0 Å². The summed E-state index contributed by atoms with van der Waals surface area (Å²) in [5.41, 5.74) is 0.569. The van der Waals surface area contributed by atoms with Crippen LogP contribution in [-0.2, 0) is 0 Å². The molecule has 62 valence electrons. The topological polar surface area (TPSA) is 40.5 Å². The van der Waals surface area contributed by atoms with Gasteiger partial charge in [-0.1, -0.05) is 0 Å². The van der Waals surface area contributed by atoms with Crippen LogP contribution in [0.3, 0.4) is 0 Å². The van der Waals surface area contributed by atoms with Crippen LogP contribution in [0.5, 0.6) is 0 Å². The van der Waals surface area contributed by atoms with E-state index < -0.39 is 0 Å². The third-order valence-electron chi connectivity index (χ3n) is 1.47. The van der Waals surface area contributed by atoms with E-state index in [9.17, 15) is 0 Å². The Morgan fingerprint density at radius 1 is 1.00 bits per heavy atom. The maximum Gasteiger partial charge on any atom is 0.0431 e. The van der Waals surface area contributed by atoms with Gasteiger partial charge in [-0.05, 0) is 31.3 Å². The molecule has 0 aliphatic rings. The third kappa shape index (κ3) is 6.47. The fraction of sp³-hybridized carbons (Fsp3) is 1.00. The van der Waals surface area contributed by atoms with Gasteiger partial charge in [0.05, 0.1) is 0 Å². The quantitative estimate of drug-likeness (QED) is 0.569. The number of aliphatic hydroxyl groups is 2. The van der Waals surface area contributed by atoms with E-state index in [1.54, 1.807) is 0 Å². The van der Waals surface area contributed by atoms with E-state index in [0.29, 0.717) is 5.66 Å². The Kier molecular flexibility index (Phi) is 7.72. The first-order valence-electron chi connectivity index (χ1n) is 3.78. The molecule has 0 fully saturated rings. The minimum absolute atomic E-state index is 0.282. The molecule has 0 saturated carbocycles. The molecule has 0 amide bonds. The fourth-order valence-electron chi connectivity index (χ4n) is 0.851. The average molecular weight is 164 g/mol. The van der Waals surface area contributed by atoms with Gasteiger partial charge < -0.3 is 10.2 Å². The summed E-state index contributed by atoms with van der Waals surface area (Å²) in [4.78, 5) is 0. The molecule has 0 rings (SSSR count). The predicted octanol–water partition coefficient (Wildman–Crippen LogP) is 0.775. The average Bonchev–Trinajstić information content (AvgIpc) is 1.97. The first-order valence-corrected chi connectivity index (χ1v) is 4.45. The second-order valence-corrected chi connectivity index (χ2v) is 3.43. The number of rotatable bonds is 6. The molecule has 2 nitrogen and oxygen atoms in total. The molecule has 0 aromatic heterocycles. The van der Waals surface area contributed by atoms with Gasteiger partial charge in [-0.2, -0.15) is 0 Å². The van der Waals surface area contributed by atoms with Crippen molar-refractivity contribution in [3.8, 4) is 0 Å². The zero-order chi connectivity index (χ0) is 7.82. The van der Waals surface area contributed by atoms with Crippen LogP contribution in [0.25, 0.3) is 0 Å². The van der Waals surface area contributed by atoms with Gasteiger partial charge in [0, 0.05) is 13.2 Å². The van der Waals surface area contributed by atoms with Crippen LogP contribution in [0, 0.1) is 0 Å². The Hall–Kier alpha value is 0.350. The predicted molar refractivity (Wildman–Crippen MR) is 46.1 cm³/mol. The lowest BCUT2D eigenvalue weighted by Gasteiger charge is -2.07. The number of hydrogen-bond donors (Lipinski definition) is 2. The fourth-order valence-corrected chi connectivity index (χ4v) is 1.32. The molecular weight excluding hydrogens is 147 g/mol. The lowest BCUT2D eigenvalue weighted by Crippen LogP contribution is -2.00. The SMILES string of the molecule is OCCCC(P)CCCO. The number of aliphatic hydroxyl groups excluding tert-OH is 2. The Morgan fingerprint density at radius 2 is 1.40 bits per heavy atom. The van der Waals surface area contributed by atoms with Crippen LogP contribution in [0.1, 0.15) is 25.7 Å². The minimum atomic E-state index is 0.282. The van der Waals surface area contributed by atoms with Gasteiger partial charge in [-0.25, -0.2) is 0 Å². The van der Waals surface area contributed by atoms with Crippen LogP contribution in [-0.4, -0.2) is 29.1 Å². The summed E-state index contributed by atoms with van der Waals surface area (Å²) in [6.45, 7) is 0.564. The standard InChI is InChI=1S/C7H17O2P/c8-5-1-3-7(10)4-2-6-9/h7-9H,1-6,10H2. The molecule has 0 spiro atoms. The molecule has 0 aliphatic carbocycles. The van der Waals surface area contributed by atoms with Gasteiger partial charge in [0.1, 0.15) is 0 Å². The van der Waals surface area contributed by atoms with Crippen LogP contribution in [0.15, 0.2) is 0 Å². The Bertz CT molecular complexity index is 60.6. The summed E-state index contributed by atoms with van der Waals surface area (Å²) in [6.07, 6.45) is 3.83. The minimum Gasteiger partial charge on any atom is -0.396 e. The second kappa shape index (κ2) is 7.46. The molecule has 0 bridgehead atoms. The maximum absolute atomic E-state index is 8.48. The van der Waals surface area contributed by atoms with Crippen molar-refractivity contribution in [1.29, 1.82) is 0 Å². The van der Waals surface area contributed by atoms with Crippen molar-refractivity contribution in [2.45, 2.75) is 31.3 Å². The summed E-state index contributed by atoms with van der Waals surface area (Å²) < 4.78 is 0. The summed E-state index contributed by atoms with van der Waals surface area (Å²) in [5.74, 6) is 0. The van der Waals surface area contributed by atoms with Crippen molar-refractivity contribution in [3.63, 3.8) is 0 Å². The highest BCUT2D eigenvalue weighted by atomic mass is 31.0. The molecule has 0 aliphatic heterocycles. The zero-order valence-electron chi connectivity index (χ0n) is 6.29. The highest BCUT2D eigenvalue weighted by Crippen LogP contribution is 2.13. The van der Waals surface area contributed by atoms with Gasteiger partial charge in [0.2, 0.25) is 0 Å². The smallest absolute Gasteiger partial charge is 0.0431 e. The second-order valence-electron chi connectivity index (χ2n) is 2.49. The van der Waals surface area contributed by atoms with Crippen molar-refractivity contribution in [2.24, 2.45) is 0 Å². The summed E-state index contributed by atoms with van der Waals surface area (Å²) in [6, 6.07) is 0. The lowest BCUT2D eigenvalue weighted by molar-refractivity contribution is 0.273. The molecule has 3 heteroatoms. The molecule has 0 aromatic carbocycles. The van der Waals surface area contributed by atoms with E-state index in [1.165, 1.54) is 0 Å². The molecule has 0 radical (unpaired) electrons. The summed E-state index contributed by atoms with van der Waals surface area (Å²) in [7, 11) is 2.74. The van der Waals surface area contributed by atoms with E-state index in [4.69, 9.17) is 10.2 Å². The van der Waals surface area contributed by atoms with Crippen molar-refractivity contribution in [3.05, 3.63) is 0 Å². The summed E-state index contributed by atoms with van der Waals surface area (Å²) >= 11 is 0. The lowest BCUT2D eigenvalue weighted by atomic mass is 10.1. The van der Waals surface area contributed by atoms with E-state index >= 15 is 0 Å². The Labute approximate surface area is 64.8 Å². The molecule has 1 unspecified atom stereocenters. The largest absolute Gasteiger partial charge is 0.396 e. The Morgan fingerprint density at radius 3 is 1.70 bits per heavy atom. The first kappa shape index (κ1) is 10.3. The van der Waals surface area contributed by atoms with Gasteiger partial charge in [0.25, 0.3) is 0 Å². The molecular formula is C7H17O2P. The van der Waals surface area contributed by atoms with Gasteiger partial charge in [-0.15, -0.1) is 9.24 Å². The molecule has 0 heterocycles. The monoisotopic (exact) mass is 164 g/mol. The van der Waals surface area contributed by atoms with E-state index in [2.05, 4.69) is 9.24 Å². The normalized spacial score (nSPS) is 10.8. The van der Waals surface area contributed by atoms with Crippen molar-refractivity contribution < 1.29 is 10.2 Å². The molecule has 10 heavy (non-hydrogen) atoms. The third-order valence-corrected chi connectivity index (χ3v) is 2.13. The summed E-state index contributed by atoms with van der Waals surface area (Å²) in [5, 5.41) is 17.0. The van der Waals surface area contributed by atoms with E-state index in [-0.39, 0.29) is 13.2 Å². The van der Waals surface area contributed by atoms with Crippen molar-refractivity contribution in [2.75, 3.05) is 13.2 Å². The number of hydrogen-bond acceptors (Lipinski definition) is 2. The highest BCUT2D eigenvalue weighted by molar-refractivity contribution is 7.17. The van der Waals surface area contributed by atoms with Crippen LogP contribution >= 0.6 is 9.24 Å². The molecule has 1 atom stereocenters. The Balaban J connectivity index is 3.00. The zero-order valence-corrected chi connectivity index (χ0v) is 7.45. The first-order chi connectivity index (χ1) is 4.81. The molecule has 2 N–H and O–H groups in total.